The lowest BCUT2D eigenvalue weighted by Crippen LogP contribution is -2.34. The summed E-state index contributed by atoms with van der Waals surface area (Å²) < 4.78 is 1.92. The largest absolute Gasteiger partial charge is 0.361 e. The highest BCUT2D eigenvalue weighted by Crippen LogP contribution is 2.33. The fourth-order valence-corrected chi connectivity index (χ4v) is 4.83. The maximum Gasteiger partial charge on any atom is 0.251 e. The molecule has 0 atom stereocenters. The van der Waals surface area contributed by atoms with Crippen molar-refractivity contribution in [1.82, 2.24) is 14.5 Å². The second kappa shape index (κ2) is 7.88. The molecular weight excluding hydrogens is 358 g/mol. The summed E-state index contributed by atoms with van der Waals surface area (Å²) in [6.07, 6.45) is 5.62. The van der Waals surface area contributed by atoms with Gasteiger partial charge >= 0.3 is 0 Å². The van der Waals surface area contributed by atoms with E-state index in [0.29, 0.717) is 5.92 Å². The van der Waals surface area contributed by atoms with Crippen LogP contribution in [0.25, 0.3) is 21.8 Å². The number of nitrogens with one attached hydrogen (secondary N) is 1. The molecule has 29 heavy (non-hydrogen) atoms. The molecule has 2 aromatic carbocycles. The minimum Gasteiger partial charge on any atom is -0.361 e. The van der Waals surface area contributed by atoms with Crippen LogP contribution in [0.4, 0.5) is 0 Å². The molecule has 2 aromatic heterocycles. The van der Waals surface area contributed by atoms with E-state index in [9.17, 15) is 4.79 Å². The zero-order valence-corrected chi connectivity index (χ0v) is 16.7. The standard InChI is InChI=1S/C25H27N3O/c29-25-11-10-20-6-1-4-9-24(20)28(25)15-5-14-27-16-12-19(13-17-27)22-18-26-23-8-3-2-7-21(22)23/h1-4,6-11,18-19,26H,5,12-17H2. The first kappa shape index (κ1) is 18.2. The quantitative estimate of drug-likeness (QED) is 0.538. The van der Waals surface area contributed by atoms with Crippen LogP contribution in [-0.4, -0.2) is 34.1 Å². The fraction of sp³-hybridized carbons (Fsp3) is 0.320. The molecule has 4 nitrogen and oxygen atoms in total. The molecule has 1 fully saturated rings. The van der Waals surface area contributed by atoms with Crippen LogP contribution >= 0.6 is 0 Å². The van der Waals surface area contributed by atoms with Crippen LogP contribution in [0.5, 0.6) is 0 Å². The summed E-state index contributed by atoms with van der Waals surface area (Å²) in [5.74, 6) is 0.642. The Labute approximate surface area is 170 Å². The number of rotatable bonds is 5. The van der Waals surface area contributed by atoms with Crippen LogP contribution in [0, 0.1) is 0 Å². The molecule has 3 heterocycles. The minimum atomic E-state index is 0.0988. The zero-order valence-electron chi connectivity index (χ0n) is 16.7. The van der Waals surface area contributed by atoms with E-state index in [-0.39, 0.29) is 5.56 Å². The molecule has 0 radical (unpaired) electrons. The number of benzene rings is 2. The van der Waals surface area contributed by atoms with Gasteiger partial charge in [-0.1, -0.05) is 36.4 Å². The van der Waals surface area contributed by atoms with Crippen molar-refractivity contribution in [2.24, 2.45) is 0 Å². The number of hydrogen-bond acceptors (Lipinski definition) is 2. The third kappa shape index (κ3) is 3.60. The Hall–Kier alpha value is -2.85. The number of aromatic amines is 1. The molecule has 0 aliphatic carbocycles. The number of aryl methyl sites for hydroxylation is 1. The van der Waals surface area contributed by atoms with E-state index >= 15 is 0 Å². The number of para-hydroxylation sites is 2. The molecular formula is C25H27N3O. The zero-order chi connectivity index (χ0) is 19.6. The summed E-state index contributed by atoms with van der Waals surface area (Å²) in [6.45, 7) is 4.10. The van der Waals surface area contributed by atoms with Crippen molar-refractivity contribution < 1.29 is 0 Å². The van der Waals surface area contributed by atoms with E-state index in [2.05, 4.69) is 46.4 Å². The first-order valence-electron chi connectivity index (χ1n) is 10.7. The number of H-pyrrole nitrogens is 1. The summed E-state index contributed by atoms with van der Waals surface area (Å²) in [4.78, 5) is 18.3. The molecule has 0 bridgehead atoms. The van der Waals surface area contributed by atoms with Gasteiger partial charge in [0.15, 0.2) is 0 Å². The lowest BCUT2D eigenvalue weighted by Gasteiger charge is -2.32. The fourth-order valence-electron chi connectivity index (χ4n) is 4.83. The molecule has 1 N–H and O–H groups in total. The smallest absolute Gasteiger partial charge is 0.251 e. The third-order valence-corrected chi connectivity index (χ3v) is 6.40. The van der Waals surface area contributed by atoms with E-state index < -0.39 is 0 Å². The molecule has 0 spiro atoms. The topological polar surface area (TPSA) is 41.0 Å². The van der Waals surface area contributed by atoms with Crippen molar-refractivity contribution in [3.8, 4) is 0 Å². The van der Waals surface area contributed by atoms with Gasteiger partial charge in [0.2, 0.25) is 0 Å². The summed E-state index contributed by atoms with van der Waals surface area (Å²) in [7, 11) is 0. The van der Waals surface area contributed by atoms with E-state index in [1.165, 1.54) is 29.3 Å². The average molecular weight is 386 g/mol. The molecule has 0 unspecified atom stereocenters. The maximum atomic E-state index is 12.3. The SMILES string of the molecule is O=c1ccc2ccccc2n1CCCN1CCC(c2c[nH]c3ccccc23)CC1. The molecule has 148 valence electrons. The lowest BCUT2D eigenvalue weighted by atomic mass is 9.89. The molecule has 1 aliphatic heterocycles. The Bertz CT molecular complexity index is 1180. The number of fused-ring (bicyclic) bond motifs is 2. The molecule has 1 saturated heterocycles. The van der Waals surface area contributed by atoms with E-state index in [1.807, 2.05) is 28.8 Å². The van der Waals surface area contributed by atoms with Crippen molar-refractivity contribution >= 4 is 21.8 Å². The van der Waals surface area contributed by atoms with Gasteiger partial charge in [0.25, 0.3) is 5.56 Å². The maximum absolute atomic E-state index is 12.3. The van der Waals surface area contributed by atoms with Gasteiger partial charge in [0.1, 0.15) is 0 Å². The number of piperidine rings is 1. The summed E-state index contributed by atoms with van der Waals surface area (Å²) in [5.41, 5.74) is 3.85. The molecule has 4 heteroatoms. The van der Waals surface area contributed by atoms with Gasteiger partial charge in [-0.2, -0.15) is 0 Å². The third-order valence-electron chi connectivity index (χ3n) is 6.40. The van der Waals surface area contributed by atoms with Gasteiger partial charge in [-0.05, 0) is 74.0 Å². The van der Waals surface area contributed by atoms with E-state index in [0.717, 1.165) is 43.5 Å². The van der Waals surface area contributed by atoms with Gasteiger partial charge in [0.05, 0.1) is 5.52 Å². The van der Waals surface area contributed by atoms with E-state index in [1.54, 1.807) is 6.07 Å². The first-order valence-corrected chi connectivity index (χ1v) is 10.7. The Morgan fingerprint density at radius 1 is 0.897 bits per heavy atom. The average Bonchev–Trinajstić information content (AvgIpc) is 3.20. The van der Waals surface area contributed by atoms with Crippen molar-refractivity contribution in [2.45, 2.75) is 31.7 Å². The Balaban J connectivity index is 1.19. The van der Waals surface area contributed by atoms with Gasteiger partial charge < -0.3 is 14.5 Å². The van der Waals surface area contributed by atoms with Gasteiger partial charge in [-0.15, -0.1) is 0 Å². The Morgan fingerprint density at radius 3 is 2.59 bits per heavy atom. The van der Waals surface area contributed by atoms with Crippen LogP contribution in [0.1, 0.15) is 30.7 Å². The van der Waals surface area contributed by atoms with Gasteiger partial charge in [-0.3, -0.25) is 4.79 Å². The van der Waals surface area contributed by atoms with Gasteiger partial charge in [0, 0.05) is 29.7 Å². The van der Waals surface area contributed by atoms with Crippen LogP contribution in [-0.2, 0) is 6.54 Å². The number of likely N-dealkylation sites (tertiary alicyclic amines) is 1. The van der Waals surface area contributed by atoms with Crippen LogP contribution in [0.2, 0.25) is 0 Å². The van der Waals surface area contributed by atoms with Crippen LogP contribution in [0.3, 0.4) is 0 Å². The van der Waals surface area contributed by atoms with Crippen molar-refractivity contribution in [3.05, 3.63) is 82.8 Å². The Kier molecular flexibility index (Phi) is 4.94. The van der Waals surface area contributed by atoms with Crippen LogP contribution in [0.15, 0.2) is 71.7 Å². The number of pyridine rings is 1. The molecule has 0 amide bonds. The molecule has 5 rings (SSSR count). The predicted octanol–water partition coefficient (Wildman–Crippen LogP) is 4.75. The monoisotopic (exact) mass is 385 g/mol. The number of hydrogen-bond donors (Lipinski definition) is 1. The van der Waals surface area contributed by atoms with Gasteiger partial charge in [-0.25, -0.2) is 0 Å². The number of aromatic nitrogens is 2. The summed E-state index contributed by atoms with van der Waals surface area (Å²) in [6, 6.07) is 20.4. The minimum absolute atomic E-state index is 0.0988. The molecule has 0 saturated carbocycles. The second-order valence-corrected chi connectivity index (χ2v) is 8.14. The normalized spacial score (nSPS) is 16.0. The highest BCUT2D eigenvalue weighted by atomic mass is 16.1. The molecule has 1 aliphatic rings. The van der Waals surface area contributed by atoms with Crippen LogP contribution < -0.4 is 5.56 Å². The summed E-state index contributed by atoms with van der Waals surface area (Å²) >= 11 is 0. The van der Waals surface area contributed by atoms with Crippen molar-refractivity contribution in [2.75, 3.05) is 19.6 Å². The Morgan fingerprint density at radius 2 is 1.69 bits per heavy atom. The van der Waals surface area contributed by atoms with Crippen molar-refractivity contribution in [3.63, 3.8) is 0 Å². The second-order valence-electron chi connectivity index (χ2n) is 8.14. The molecule has 4 aromatic rings. The number of nitrogens with zero attached hydrogens (tertiary/aromatic N) is 2. The highest BCUT2D eigenvalue weighted by molar-refractivity contribution is 5.83. The lowest BCUT2D eigenvalue weighted by molar-refractivity contribution is 0.207. The highest BCUT2D eigenvalue weighted by Gasteiger charge is 2.22. The summed E-state index contributed by atoms with van der Waals surface area (Å²) in [5, 5.41) is 2.51. The first-order chi connectivity index (χ1) is 14.3. The predicted molar refractivity (Wildman–Crippen MR) is 120 cm³/mol. The van der Waals surface area contributed by atoms with E-state index in [4.69, 9.17) is 0 Å². The van der Waals surface area contributed by atoms with Crippen molar-refractivity contribution in [1.29, 1.82) is 0 Å².